The van der Waals surface area contributed by atoms with Crippen LogP contribution in [-0.4, -0.2) is 17.3 Å². The smallest absolute Gasteiger partial charge is 0.348 e. The van der Waals surface area contributed by atoms with E-state index < -0.39 is 5.63 Å². The summed E-state index contributed by atoms with van der Waals surface area (Å²) in [6, 6.07) is 4.76. The molecule has 5 nitrogen and oxygen atoms in total. The van der Waals surface area contributed by atoms with Gasteiger partial charge in [-0.05, 0) is 36.1 Å². The van der Waals surface area contributed by atoms with Crippen molar-refractivity contribution in [3.8, 4) is 17.2 Å². The summed E-state index contributed by atoms with van der Waals surface area (Å²) in [6.45, 7) is 0. The molecule has 2 N–H and O–H groups in total. The maximum Gasteiger partial charge on any atom is 0.348 e. The van der Waals surface area contributed by atoms with Crippen molar-refractivity contribution in [1.29, 1.82) is 0 Å². The van der Waals surface area contributed by atoms with Crippen LogP contribution in [0.3, 0.4) is 0 Å². The summed E-state index contributed by atoms with van der Waals surface area (Å²) in [5, 5.41) is 21.6. The van der Waals surface area contributed by atoms with Crippen molar-refractivity contribution in [3.63, 3.8) is 0 Å². The third kappa shape index (κ3) is 1.48. The predicted octanol–water partition coefficient (Wildman–Crippen LogP) is 2.46. The van der Waals surface area contributed by atoms with Gasteiger partial charge in [0.25, 0.3) is 0 Å². The molecular weight excluding hydrogens is 272 g/mol. The summed E-state index contributed by atoms with van der Waals surface area (Å²) in [5.74, 6) is 0.147. The molecule has 0 fully saturated rings. The van der Waals surface area contributed by atoms with Crippen LogP contribution in [-0.2, 0) is 12.8 Å². The zero-order chi connectivity index (χ0) is 14.7. The maximum absolute atomic E-state index is 12.3. The van der Waals surface area contributed by atoms with Crippen LogP contribution in [0.4, 0.5) is 0 Å². The number of phenols is 2. The van der Waals surface area contributed by atoms with E-state index in [1.54, 1.807) is 12.1 Å². The molecule has 0 saturated carbocycles. The van der Waals surface area contributed by atoms with E-state index in [1.165, 1.54) is 13.2 Å². The molecule has 3 aromatic rings. The molecule has 0 atom stereocenters. The van der Waals surface area contributed by atoms with Crippen LogP contribution in [0.5, 0.6) is 17.2 Å². The Morgan fingerprint density at radius 1 is 1.05 bits per heavy atom. The Labute approximate surface area is 119 Å². The van der Waals surface area contributed by atoms with Crippen molar-refractivity contribution in [3.05, 3.63) is 39.7 Å². The van der Waals surface area contributed by atoms with Crippen molar-refractivity contribution in [2.24, 2.45) is 0 Å². The molecule has 0 unspecified atom stereocenters. The second-order valence-corrected chi connectivity index (χ2v) is 5.21. The summed E-state index contributed by atoms with van der Waals surface area (Å²) < 4.78 is 10.5. The molecule has 2 aromatic carbocycles. The van der Waals surface area contributed by atoms with E-state index in [0.717, 1.165) is 21.9 Å². The maximum atomic E-state index is 12.3. The van der Waals surface area contributed by atoms with Gasteiger partial charge in [-0.2, -0.15) is 0 Å². The lowest BCUT2D eigenvalue weighted by Gasteiger charge is -2.19. The Morgan fingerprint density at radius 2 is 1.76 bits per heavy atom. The Balaban J connectivity index is 2.38. The van der Waals surface area contributed by atoms with E-state index in [-0.39, 0.29) is 22.6 Å². The highest BCUT2D eigenvalue weighted by atomic mass is 16.5. The standard InChI is InChI=1S/C16H12O5/c1-20-15-10(18)5-8-3-2-7-4-9(17)6-11-12(7)13(8)14(15)16(19)21-11/h4-6,17-18H,2-3H2,1H3. The summed E-state index contributed by atoms with van der Waals surface area (Å²) in [4.78, 5) is 12.3. The normalized spacial score (nSPS) is 13.2. The number of aryl methyl sites for hydroxylation is 2. The van der Waals surface area contributed by atoms with Crippen molar-refractivity contribution < 1.29 is 19.4 Å². The minimum atomic E-state index is -0.579. The lowest BCUT2D eigenvalue weighted by Crippen LogP contribution is -2.09. The number of aromatic hydroxyl groups is 2. The molecule has 1 aliphatic carbocycles. The molecule has 1 heterocycles. The lowest BCUT2D eigenvalue weighted by molar-refractivity contribution is 0.376. The first-order valence-electron chi connectivity index (χ1n) is 6.61. The zero-order valence-electron chi connectivity index (χ0n) is 11.3. The largest absolute Gasteiger partial charge is 0.508 e. The molecule has 0 saturated heterocycles. The highest BCUT2D eigenvalue weighted by Gasteiger charge is 2.24. The van der Waals surface area contributed by atoms with Gasteiger partial charge in [-0.3, -0.25) is 0 Å². The van der Waals surface area contributed by atoms with Crippen LogP contribution in [0.2, 0.25) is 0 Å². The minimum Gasteiger partial charge on any atom is -0.508 e. The zero-order valence-corrected chi connectivity index (χ0v) is 11.3. The van der Waals surface area contributed by atoms with Gasteiger partial charge in [0.1, 0.15) is 16.7 Å². The molecule has 0 amide bonds. The second-order valence-electron chi connectivity index (χ2n) is 5.21. The van der Waals surface area contributed by atoms with Gasteiger partial charge in [0, 0.05) is 16.8 Å². The lowest BCUT2D eigenvalue weighted by atomic mass is 9.88. The average molecular weight is 284 g/mol. The van der Waals surface area contributed by atoms with Gasteiger partial charge in [0.05, 0.1) is 7.11 Å². The van der Waals surface area contributed by atoms with Crippen LogP contribution in [0.15, 0.2) is 27.4 Å². The van der Waals surface area contributed by atoms with E-state index in [4.69, 9.17) is 9.15 Å². The Bertz CT molecular complexity index is 968. The van der Waals surface area contributed by atoms with E-state index in [0.29, 0.717) is 18.4 Å². The molecule has 1 aromatic heterocycles. The number of methoxy groups -OCH3 is 1. The van der Waals surface area contributed by atoms with Crippen LogP contribution < -0.4 is 10.4 Å². The summed E-state index contributed by atoms with van der Waals surface area (Å²) >= 11 is 0. The summed E-state index contributed by atoms with van der Waals surface area (Å²) in [6.07, 6.45) is 1.40. The van der Waals surface area contributed by atoms with Crippen molar-refractivity contribution in [2.75, 3.05) is 7.11 Å². The number of hydrogen-bond acceptors (Lipinski definition) is 5. The Kier molecular flexibility index (Phi) is 2.25. The minimum absolute atomic E-state index is 0.0612. The summed E-state index contributed by atoms with van der Waals surface area (Å²) in [7, 11) is 1.40. The fourth-order valence-corrected chi connectivity index (χ4v) is 3.23. The molecule has 0 radical (unpaired) electrons. The van der Waals surface area contributed by atoms with Crippen LogP contribution in [0.25, 0.3) is 21.7 Å². The van der Waals surface area contributed by atoms with Gasteiger partial charge in [-0.15, -0.1) is 0 Å². The predicted molar refractivity (Wildman–Crippen MR) is 77.3 cm³/mol. The highest BCUT2D eigenvalue weighted by Crippen LogP contribution is 2.43. The Morgan fingerprint density at radius 3 is 2.48 bits per heavy atom. The second kappa shape index (κ2) is 3.91. The number of rotatable bonds is 1. The van der Waals surface area contributed by atoms with Gasteiger partial charge < -0.3 is 19.4 Å². The molecule has 4 rings (SSSR count). The van der Waals surface area contributed by atoms with Gasteiger partial charge in [0.2, 0.25) is 0 Å². The topological polar surface area (TPSA) is 79.9 Å². The number of hydrogen-bond donors (Lipinski definition) is 2. The van der Waals surface area contributed by atoms with Crippen molar-refractivity contribution >= 4 is 21.7 Å². The highest BCUT2D eigenvalue weighted by molar-refractivity contribution is 6.11. The molecule has 0 bridgehead atoms. The third-order valence-corrected chi connectivity index (χ3v) is 4.03. The first-order chi connectivity index (χ1) is 10.1. The van der Waals surface area contributed by atoms with Gasteiger partial charge in [-0.1, -0.05) is 0 Å². The number of ether oxygens (including phenoxy) is 1. The SMILES string of the molecule is COc1c(O)cc2c3c1c(=O)oc1cc(O)cc(c13)CC2. The molecule has 106 valence electrons. The molecule has 0 spiro atoms. The fourth-order valence-electron chi connectivity index (χ4n) is 3.23. The fraction of sp³-hybridized carbons (Fsp3) is 0.188. The summed E-state index contributed by atoms with van der Waals surface area (Å²) in [5.41, 5.74) is 1.60. The van der Waals surface area contributed by atoms with E-state index >= 15 is 0 Å². The third-order valence-electron chi connectivity index (χ3n) is 4.03. The van der Waals surface area contributed by atoms with E-state index in [2.05, 4.69) is 0 Å². The Hall–Kier alpha value is -2.69. The van der Waals surface area contributed by atoms with Crippen LogP contribution in [0, 0.1) is 0 Å². The van der Waals surface area contributed by atoms with Gasteiger partial charge in [-0.25, -0.2) is 4.79 Å². The molecular formula is C16H12O5. The molecule has 1 aliphatic rings. The molecule has 21 heavy (non-hydrogen) atoms. The quantitative estimate of drug-likeness (QED) is 0.530. The van der Waals surface area contributed by atoms with E-state index in [9.17, 15) is 15.0 Å². The van der Waals surface area contributed by atoms with Crippen LogP contribution >= 0.6 is 0 Å². The van der Waals surface area contributed by atoms with Gasteiger partial charge in [0.15, 0.2) is 11.5 Å². The average Bonchev–Trinajstić information content (AvgIpc) is 2.44. The first kappa shape index (κ1) is 12.1. The van der Waals surface area contributed by atoms with Crippen molar-refractivity contribution in [1.82, 2.24) is 0 Å². The van der Waals surface area contributed by atoms with Crippen LogP contribution in [0.1, 0.15) is 11.1 Å². The number of benzene rings is 2. The monoisotopic (exact) mass is 284 g/mol. The van der Waals surface area contributed by atoms with Crippen molar-refractivity contribution in [2.45, 2.75) is 12.8 Å². The first-order valence-corrected chi connectivity index (χ1v) is 6.61. The molecule has 5 heteroatoms. The van der Waals surface area contributed by atoms with E-state index in [1.807, 2.05) is 0 Å². The van der Waals surface area contributed by atoms with Gasteiger partial charge >= 0.3 is 5.63 Å². The number of phenolic OH excluding ortho intramolecular Hbond substituents is 2. The molecule has 0 aliphatic heterocycles.